The molecule has 1 aliphatic rings. The second-order valence-electron chi connectivity index (χ2n) is 7.14. The highest BCUT2D eigenvalue weighted by atomic mass is 16.6. The van der Waals surface area contributed by atoms with Crippen molar-refractivity contribution in [2.45, 2.75) is 44.6 Å². The van der Waals surface area contributed by atoms with Crippen molar-refractivity contribution in [3.05, 3.63) is 29.8 Å². The molecule has 2 amide bonds. The van der Waals surface area contributed by atoms with Crippen LogP contribution in [0.25, 0.3) is 0 Å². The molecule has 1 saturated heterocycles. The molecule has 0 bridgehead atoms. The van der Waals surface area contributed by atoms with Gasteiger partial charge in [-0.1, -0.05) is 12.1 Å². The van der Waals surface area contributed by atoms with E-state index >= 15 is 0 Å². The Morgan fingerprint density at radius 2 is 1.67 bits per heavy atom. The van der Waals surface area contributed by atoms with Crippen molar-refractivity contribution in [1.82, 2.24) is 4.90 Å². The summed E-state index contributed by atoms with van der Waals surface area (Å²) in [6.07, 6.45) is 0.609. The number of hydrogen-bond acceptors (Lipinski definition) is 4. The Labute approximate surface area is 142 Å². The zero-order valence-electron chi connectivity index (χ0n) is 14.8. The van der Waals surface area contributed by atoms with Crippen LogP contribution in [0.15, 0.2) is 24.3 Å². The van der Waals surface area contributed by atoms with Crippen molar-refractivity contribution in [1.29, 1.82) is 0 Å². The molecule has 0 atom stereocenters. The molecule has 2 N–H and O–H groups in total. The number of piperidine rings is 1. The number of methoxy groups -OCH3 is 1. The van der Waals surface area contributed by atoms with E-state index in [2.05, 4.69) is 0 Å². The third-order valence-electron chi connectivity index (χ3n) is 4.38. The normalized spacial score (nSPS) is 17.2. The number of ether oxygens (including phenoxy) is 2. The maximum Gasteiger partial charge on any atom is 0.410 e. The summed E-state index contributed by atoms with van der Waals surface area (Å²) in [6.45, 7) is 6.37. The van der Waals surface area contributed by atoms with Gasteiger partial charge in [-0.15, -0.1) is 0 Å². The number of rotatable bonds is 3. The average molecular weight is 334 g/mol. The molecule has 6 heteroatoms. The lowest BCUT2D eigenvalue weighted by molar-refractivity contribution is -0.125. The van der Waals surface area contributed by atoms with Gasteiger partial charge in [-0.3, -0.25) is 4.79 Å². The molecule has 1 aliphatic heterocycles. The fourth-order valence-corrected chi connectivity index (χ4v) is 2.98. The summed E-state index contributed by atoms with van der Waals surface area (Å²) in [5.74, 6) is 0.362. The fraction of sp³-hybridized carbons (Fsp3) is 0.556. The van der Waals surface area contributed by atoms with Gasteiger partial charge in [0.05, 0.1) is 12.5 Å². The molecule has 0 aliphatic carbocycles. The van der Waals surface area contributed by atoms with Gasteiger partial charge in [0, 0.05) is 13.1 Å². The first-order chi connectivity index (χ1) is 11.2. The molecular formula is C18H26N2O4. The lowest BCUT2D eigenvalue weighted by Crippen LogP contribution is -2.52. The fourth-order valence-electron chi connectivity index (χ4n) is 2.98. The first-order valence-corrected chi connectivity index (χ1v) is 8.10. The molecule has 24 heavy (non-hydrogen) atoms. The van der Waals surface area contributed by atoms with Crippen molar-refractivity contribution < 1.29 is 19.1 Å². The maximum atomic E-state index is 12.2. The highest BCUT2D eigenvalue weighted by molar-refractivity contribution is 5.87. The smallest absolute Gasteiger partial charge is 0.410 e. The van der Waals surface area contributed by atoms with Gasteiger partial charge in [0.1, 0.15) is 11.4 Å². The largest absolute Gasteiger partial charge is 0.497 e. The molecule has 2 rings (SSSR count). The number of carbonyl (C=O) groups excluding carboxylic acids is 2. The number of nitrogens with two attached hydrogens (primary N) is 1. The summed E-state index contributed by atoms with van der Waals surface area (Å²) >= 11 is 0. The number of carbonyl (C=O) groups is 2. The summed E-state index contributed by atoms with van der Waals surface area (Å²) in [7, 11) is 1.60. The van der Waals surface area contributed by atoms with Crippen LogP contribution in [0.2, 0.25) is 0 Å². The predicted octanol–water partition coefficient (Wildman–Crippen LogP) is 2.45. The highest BCUT2D eigenvalue weighted by Gasteiger charge is 2.43. The Bertz CT molecular complexity index is 596. The SMILES string of the molecule is COc1ccc(C2(C(N)=O)CCN(C(=O)OC(C)(C)C)CC2)cc1. The number of nitrogens with zero attached hydrogens (tertiary/aromatic N) is 1. The Morgan fingerprint density at radius 1 is 1.12 bits per heavy atom. The predicted molar refractivity (Wildman–Crippen MR) is 90.9 cm³/mol. The number of hydrogen-bond donors (Lipinski definition) is 1. The standard InChI is InChI=1S/C18H26N2O4/c1-17(2,3)24-16(22)20-11-9-18(10-12-20,15(19)21)13-5-7-14(23-4)8-6-13/h5-8H,9-12H2,1-4H3,(H2,19,21). The minimum absolute atomic E-state index is 0.352. The molecule has 1 aromatic carbocycles. The van der Waals surface area contributed by atoms with E-state index < -0.39 is 11.0 Å². The van der Waals surface area contributed by atoms with Crippen molar-refractivity contribution in [3.63, 3.8) is 0 Å². The van der Waals surface area contributed by atoms with Crippen LogP contribution in [0, 0.1) is 0 Å². The molecule has 0 unspecified atom stereocenters. The molecule has 0 aromatic heterocycles. The Kier molecular flexibility index (Phi) is 5.06. The van der Waals surface area contributed by atoms with Gasteiger partial charge >= 0.3 is 6.09 Å². The van der Waals surface area contributed by atoms with Gasteiger partial charge < -0.3 is 20.1 Å². The summed E-state index contributed by atoms with van der Waals surface area (Å²) in [6, 6.07) is 7.37. The van der Waals surface area contributed by atoms with Crippen molar-refractivity contribution >= 4 is 12.0 Å². The summed E-state index contributed by atoms with van der Waals surface area (Å²) in [5.41, 5.74) is 5.29. The first kappa shape index (κ1) is 18.1. The van der Waals surface area contributed by atoms with Gasteiger partial charge in [-0.05, 0) is 51.3 Å². The number of amides is 2. The second-order valence-corrected chi connectivity index (χ2v) is 7.14. The third kappa shape index (κ3) is 3.80. The molecule has 0 radical (unpaired) electrons. The van der Waals surface area contributed by atoms with E-state index in [0.717, 1.165) is 11.3 Å². The van der Waals surface area contributed by atoms with E-state index in [-0.39, 0.29) is 12.0 Å². The highest BCUT2D eigenvalue weighted by Crippen LogP contribution is 2.36. The summed E-state index contributed by atoms with van der Waals surface area (Å²) in [5, 5.41) is 0. The Balaban J connectivity index is 2.14. The molecule has 6 nitrogen and oxygen atoms in total. The molecule has 132 valence electrons. The van der Waals surface area contributed by atoms with E-state index in [9.17, 15) is 9.59 Å². The van der Waals surface area contributed by atoms with Crippen LogP contribution in [0.1, 0.15) is 39.2 Å². The molecule has 0 saturated carbocycles. The lowest BCUT2D eigenvalue weighted by Gasteiger charge is -2.40. The molecule has 0 spiro atoms. The van der Waals surface area contributed by atoms with Crippen molar-refractivity contribution in [2.75, 3.05) is 20.2 Å². The van der Waals surface area contributed by atoms with E-state index in [1.54, 1.807) is 12.0 Å². The van der Waals surface area contributed by atoms with Crippen LogP contribution in [-0.4, -0.2) is 42.7 Å². The van der Waals surface area contributed by atoms with Crippen LogP contribution in [0.5, 0.6) is 5.75 Å². The van der Waals surface area contributed by atoms with Crippen molar-refractivity contribution in [3.8, 4) is 5.75 Å². The topological polar surface area (TPSA) is 81.9 Å². The van der Waals surface area contributed by atoms with E-state index in [1.165, 1.54) is 0 Å². The molecule has 1 heterocycles. The summed E-state index contributed by atoms with van der Waals surface area (Å²) < 4.78 is 10.6. The van der Waals surface area contributed by atoms with Gasteiger partial charge in [0.15, 0.2) is 0 Å². The van der Waals surface area contributed by atoms with Gasteiger partial charge in [0.2, 0.25) is 5.91 Å². The van der Waals surface area contributed by atoms with Crippen LogP contribution in [0.4, 0.5) is 4.79 Å². The van der Waals surface area contributed by atoms with E-state index in [1.807, 2.05) is 45.0 Å². The molecule has 1 aromatic rings. The van der Waals surface area contributed by atoms with E-state index in [4.69, 9.17) is 15.2 Å². The molecule has 1 fully saturated rings. The number of primary amides is 1. The van der Waals surface area contributed by atoms with Crippen LogP contribution in [-0.2, 0) is 14.9 Å². The third-order valence-corrected chi connectivity index (χ3v) is 4.38. The lowest BCUT2D eigenvalue weighted by atomic mass is 9.72. The number of likely N-dealkylation sites (tertiary alicyclic amines) is 1. The first-order valence-electron chi connectivity index (χ1n) is 8.10. The summed E-state index contributed by atoms with van der Waals surface area (Å²) in [4.78, 5) is 26.0. The van der Waals surface area contributed by atoms with Crippen molar-refractivity contribution in [2.24, 2.45) is 5.73 Å². The maximum absolute atomic E-state index is 12.2. The quantitative estimate of drug-likeness (QED) is 0.920. The zero-order valence-corrected chi connectivity index (χ0v) is 14.8. The average Bonchev–Trinajstić information content (AvgIpc) is 2.53. The Morgan fingerprint density at radius 3 is 2.08 bits per heavy atom. The monoisotopic (exact) mass is 334 g/mol. The van der Waals surface area contributed by atoms with Crippen LogP contribution < -0.4 is 10.5 Å². The minimum Gasteiger partial charge on any atom is -0.497 e. The molecular weight excluding hydrogens is 308 g/mol. The van der Waals surface area contributed by atoms with Crippen LogP contribution in [0.3, 0.4) is 0 Å². The van der Waals surface area contributed by atoms with Gasteiger partial charge in [-0.2, -0.15) is 0 Å². The van der Waals surface area contributed by atoms with Gasteiger partial charge in [-0.25, -0.2) is 4.79 Å². The van der Waals surface area contributed by atoms with Crippen LogP contribution >= 0.6 is 0 Å². The second kappa shape index (κ2) is 6.71. The zero-order chi connectivity index (χ0) is 18.0. The number of benzene rings is 1. The minimum atomic E-state index is -0.759. The van der Waals surface area contributed by atoms with Gasteiger partial charge in [0.25, 0.3) is 0 Å². The van der Waals surface area contributed by atoms with E-state index in [0.29, 0.717) is 25.9 Å². The Hall–Kier alpha value is -2.24.